The number of imide groups is 1. The number of hydrogen-bond donors (Lipinski definition) is 1. The van der Waals surface area contributed by atoms with Crippen molar-refractivity contribution < 1.29 is 24.4 Å². The van der Waals surface area contributed by atoms with Crippen LogP contribution in [0.25, 0.3) is 0 Å². The predicted molar refractivity (Wildman–Crippen MR) is 85.0 cm³/mol. The molecule has 1 heterocycles. The van der Waals surface area contributed by atoms with Gasteiger partial charge >= 0.3 is 5.97 Å². The molecule has 1 unspecified atom stereocenters. The van der Waals surface area contributed by atoms with E-state index in [2.05, 4.69) is 0 Å². The molecule has 0 spiro atoms. The Labute approximate surface area is 141 Å². The van der Waals surface area contributed by atoms with E-state index in [0.29, 0.717) is 5.56 Å². The lowest BCUT2D eigenvalue weighted by molar-refractivity contribution is -0.384. The number of carboxylic acids is 1. The van der Waals surface area contributed by atoms with E-state index >= 15 is 0 Å². The Morgan fingerprint density at radius 1 is 1.08 bits per heavy atom. The number of aliphatic carboxylic acids is 1. The Morgan fingerprint density at radius 3 is 2.32 bits per heavy atom. The number of rotatable bonds is 5. The van der Waals surface area contributed by atoms with Crippen LogP contribution >= 0.6 is 0 Å². The van der Waals surface area contributed by atoms with Crippen molar-refractivity contribution in [1.29, 1.82) is 0 Å². The first-order valence-corrected chi connectivity index (χ1v) is 7.33. The van der Waals surface area contributed by atoms with Crippen LogP contribution in [-0.4, -0.2) is 32.7 Å². The van der Waals surface area contributed by atoms with Crippen molar-refractivity contribution in [1.82, 2.24) is 4.90 Å². The average molecular weight is 340 g/mol. The molecule has 1 N–H and O–H groups in total. The number of carbonyl (C=O) groups is 3. The van der Waals surface area contributed by atoms with Gasteiger partial charge < -0.3 is 5.11 Å². The van der Waals surface area contributed by atoms with Gasteiger partial charge in [-0.1, -0.05) is 30.3 Å². The maximum atomic E-state index is 12.7. The molecule has 0 saturated heterocycles. The zero-order valence-electron chi connectivity index (χ0n) is 12.8. The van der Waals surface area contributed by atoms with E-state index in [1.165, 1.54) is 6.07 Å². The summed E-state index contributed by atoms with van der Waals surface area (Å²) in [5.74, 6) is -2.57. The molecular weight excluding hydrogens is 328 g/mol. The minimum absolute atomic E-state index is 0.0296. The molecule has 0 radical (unpaired) electrons. The third kappa shape index (κ3) is 2.85. The molecule has 0 fully saturated rings. The lowest BCUT2D eigenvalue weighted by atomic mass is 10.0. The molecule has 126 valence electrons. The summed E-state index contributed by atoms with van der Waals surface area (Å²) in [6.45, 7) is 0. The van der Waals surface area contributed by atoms with E-state index in [9.17, 15) is 29.6 Å². The van der Waals surface area contributed by atoms with Crippen molar-refractivity contribution in [2.75, 3.05) is 0 Å². The molecule has 0 aliphatic carbocycles. The topological polar surface area (TPSA) is 118 Å². The first-order valence-electron chi connectivity index (χ1n) is 7.33. The lowest BCUT2D eigenvalue weighted by Crippen LogP contribution is -2.35. The number of nitrogens with zero attached hydrogens (tertiary/aromatic N) is 2. The average Bonchev–Trinajstić information content (AvgIpc) is 2.84. The number of fused-ring (bicyclic) bond motifs is 1. The number of amides is 2. The summed E-state index contributed by atoms with van der Waals surface area (Å²) < 4.78 is 0. The number of carbonyl (C=O) groups excluding carboxylic acids is 2. The SMILES string of the molecule is O=C(O)CC(c1ccccc1)N1C(=O)c2ccc([N+](=O)[O-])cc2C1=O. The molecule has 3 rings (SSSR count). The van der Waals surface area contributed by atoms with Crippen molar-refractivity contribution in [3.05, 3.63) is 75.3 Å². The summed E-state index contributed by atoms with van der Waals surface area (Å²) in [5, 5.41) is 20.1. The van der Waals surface area contributed by atoms with E-state index in [0.717, 1.165) is 17.0 Å². The Kier molecular flexibility index (Phi) is 4.02. The first-order chi connectivity index (χ1) is 11.9. The van der Waals surface area contributed by atoms with Crippen LogP contribution in [0.1, 0.15) is 38.7 Å². The van der Waals surface area contributed by atoms with Crippen LogP contribution in [0.3, 0.4) is 0 Å². The van der Waals surface area contributed by atoms with Gasteiger partial charge in [0, 0.05) is 12.1 Å². The second kappa shape index (κ2) is 6.16. The Hall–Kier alpha value is -3.55. The molecule has 0 bridgehead atoms. The molecule has 1 aliphatic heterocycles. The lowest BCUT2D eigenvalue weighted by Gasteiger charge is -2.25. The van der Waals surface area contributed by atoms with Gasteiger partial charge in [-0.15, -0.1) is 0 Å². The largest absolute Gasteiger partial charge is 0.481 e. The Balaban J connectivity index is 2.06. The van der Waals surface area contributed by atoms with Gasteiger partial charge in [0.15, 0.2) is 0 Å². The summed E-state index contributed by atoms with van der Waals surface area (Å²) in [7, 11) is 0. The van der Waals surface area contributed by atoms with Gasteiger partial charge in [0.25, 0.3) is 17.5 Å². The summed E-state index contributed by atoms with van der Waals surface area (Å²) in [5.41, 5.74) is 0.123. The molecule has 2 amide bonds. The molecule has 0 aromatic heterocycles. The van der Waals surface area contributed by atoms with E-state index in [1.54, 1.807) is 30.3 Å². The zero-order valence-corrected chi connectivity index (χ0v) is 12.8. The number of nitro benzene ring substituents is 1. The van der Waals surface area contributed by atoms with Crippen molar-refractivity contribution in [2.24, 2.45) is 0 Å². The fraction of sp³-hybridized carbons (Fsp3) is 0.118. The normalized spacial score (nSPS) is 14.3. The smallest absolute Gasteiger partial charge is 0.305 e. The van der Waals surface area contributed by atoms with Crippen LogP contribution in [0, 0.1) is 10.1 Å². The van der Waals surface area contributed by atoms with Gasteiger partial charge in [0.1, 0.15) is 0 Å². The highest BCUT2D eigenvalue weighted by atomic mass is 16.6. The standard InChI is InChI=1S/C17H12N2O6/c20-15(21)9-14(10-4-2-1-3-5-10)18-16(22)12-7-6-11(19(24)25)8-13(12)17(18)23/h1-8,14H,9H2,(H,20,21). The van der Waals surface area contributed by atoms with E-state index < -0.39 is 35.2 Å². The van der Waals surface area contributed by atoms with Crippen molar-refractivity contribution in [3.8, 4) is 0 Å². The maximum Gasteiger partial charge on any atom is 0.305 e. The number of hydrogen-bond acceptors (Lipinski definition) is 5. The van der Waals surface area contributed by atoms with Crippen LogP contribution in [0.2, 0.25) is 0 Å². The number of benzene rings is 2. The molecule has 2 aromatic carbocycles. The van der Waals surface area contributed by atoms with Gasteiger partial charge in [-0.25, -0.2) is 0 Å². The van der Waals surface area contributed by atoms with Crippen LogP contribution < -0.4 is 0 Å². The third-order valence-electron chi connectivity index (χ3n) is 3.98. The minimum atomic E-state index is -1.17. The van der Waals surface area contributed by atoms with Crippen LogP contribution in [0.5, 0.6) is 0 Å². The van der Waals surface area contributed by atoms with Crippen LogP contribution in [0.4, 0.5) is 5.69 Å². The van der Waals surface area contributed by atoms with Crippen molar-refractivity contribution in [3.63, 3.8) is 0 Å². The van der Waals surface area contributed by atoms with E-state index in [-0.39, 0.29) is 16.8 Å². The number of nitro groups is 1. The second-order valence-corrected chi connectivity index (χ2v) is 5.49. The highest BCUT2D eigenvalue weighted by molar-refractivity contribution is 6.22. The van der Waals surface area contributed by atoms with Crippen LogP contribution in [-0.2, 0) is 4.79 Å². The van der Waals surface area contributed by atoms with Gasteiger partial charge in [0.05, 0.1) is 28.5 Å². The summed E-state index contributed by atoms with van der Waals surface area (Å²) >= 11 is 0. The molecule has 1 atom stereocenters. The molecule has 2 aromatic rings. The van der Waals surface area contributed by atoms with Gasteiger partial charge in [0.2, 0.25) is 0 Å². The fourth-order valence-corrected chi connectivity index (χ4v) is 2.84. The van der Waals surface area contributed by atoms with Gasteiger partial charge in [-0.3, -0.25) is 29.4 Å². The quantitative estimate of drug-likeness (QED) is 0.507. The number of carboxylic acid groups (broad SMARTS) is 1. The first kappa shape index (κ1) is 16.3. The maximum absolute atomic E-state index is 12.7. The summed E-state index contributed by atoms with van der Waals surface area (Å²) in [4.78, 5) is 47.6. The van der Waals surface area contributed by atoms with Crippen molar-refractivity contribution in [2.45, 2.75) is 12.5 Å². The molecular formula is C17H12N2O6. The predicted octanol–water partition coefficient (Wildman–Crippen LogP) is 2.41. The zero-order chi connectivity index (χ0) is 18.1. The number of non-ortho nitro benzene ring substituents is 1. The highest BCUT2D eigenvalue weighted by Gasteiger charge is 2.42. The summed E-state index contributed by atoms with van der Waals surface area (Å²) in [6.07, 6.45) is -0.461. The third-order valence-corrected chi connectivity index (χ3v) is 3.98. The van der Waals surface area contributed by atoms with Gasteiger partial charge in [-0.05, 0) is 11.6 Å². The second-order valence-electron chi connectivity index (χ2n) is 5.49. The van der Waals surface area contributed by atoms with E-state index in [4.69, 9.17) is 0 Å². The van der Waals surface area contributed by atoms with Crippen LogP contribution in [0.15, 0.2) is 48.5 Å². The van der Waals surface area contributed by atoms with E-state index in [1.807, 2.05) is 0 Å². The highest BCUT2D eigenvalue weighted by Crippen LogP contribution is 2.34. The molecule has 25 heavy (non-hydrogen) atoms. The Bertz CT molecular complexity index is 893. The molecule has 8 heteroatoms. The molecule has 1 aliphatic rings. The summed E-state index contributed by atoms with van der Waals surface area (Å²) in [6, 6.07) is 10.7. The van der Waals surface area contributed by atoms with Crippen molar-refractivity contribution >= 4 is 23.5 Å². The Morgan fingerprint density at radius 2 is 1.72 bits per heavy atom. The molecule has 0 saturated carbocycles. The monoisotopic (exact) mass is 340 g/mol. The molecule has 8 nitrogen and oxygen atoms in total. The van der Waals surface area contributed by atoms with Gasteiger partial charge in [-0.2, -0.15) is 0 Å². The fourth-order valence-electron chi connectivity index (χ4n) is 2.84. The minimum Gasteiger partial charge on any atom is -0.481 e.